The summed E-state index contributed by atoms with van der Waals surface area (Å²) < 4.78 is 11.6. The van der Waals surface area contributed by atoms with E-state index in [4.69, 9.17) is 9.47 Å². The van der Waals surface area contributed by atoms with Gasteiger partial charge in [0, 0.05) is 18.1 Å². The highest BCUT2D eigenvalue weighted by atomic mass is 16.5. The van der Waals surface area contributed by atoms with Crippen molar-refractivity contribution in [1.82, 2.24) is 9.66 Å². The molecule has 0 aliphatic rings. The molecule has 0 saturated carbocycles. The monoisotopic (exact) mass is 443 g/mol. The zero-order chi connectivity index (χ0) is 23.4. The number of nitrogens with zero attached hydrogens (tertiary/aromatic N) is 2. The SMILES string of the molecule is COc1cccc(-c2nc3ccccc3c(=O)n2NC(=O)[C@H](OC(C)=O)c2ccccc2)c1. The standard InChI is InChI=1S/C25H21N3O5/c1-16(29)33-22(17-9-4-3-5-10-17)24(30)27-28-23(18-11-8-12-19(15-18)32-2)26-21-14-7-6-13-20(21)25(28)31/h3-15,22H,1-2H3,(H,27,30)/t22-/m1/s1. The molecule has 0 unspecified atom stereocenters. The Kier molecular flexibility index (Phi) is 6.17. The summed E-state index contributed by atoms with van der Waals surface area (Å²) in [5.41, 5.74) is 3.63. The van der Waals surface area contributed by atoms with Crippen molar-refractivity contribution in [3.05, 3.63) is 94.8 Å². The highest BCUT2D eigenvalue weighted by molar-refractivity contribution is 5.91. The second-order valence-corrected chi connectivity index (χ2v) is 7.20. The molecule has 1 N–H and O–H groups in total. The Morgan fingerprint density at radius 1 is 0.970 bits per heavy atom. The van der Waals surface area contributed by atoms with Gasteiger partial charge in [-0.1, -0.05) is 54.6 Å². The molecule has 0 fully saturated rings. The van der Waals surface area contributed by atoms with Gasteiger partial charge in [0.15, 0.2) is 5.82 Å². The first-order valence-electron chi connectivity index (χ1n) is 10.2. The number of carbonyl (C=O) groups is 2. The highest BCUT2D eigenvalue weighted by Crippen LogP contribution is 2.24. The van der Waals surface area contributed by atoms with Crippen LogP contribution in [0.15, 0.2) is 83.7 Å². The van der Waals surface area contributed by atoms with E-state index in [1.54, 1.807) is 78.9 Å². The molecule has 33 heavy (non-hydrogen) atoms. The molecule has 166 valence electrons. The topological polar surface area (TPSA) is 99.5 Å². The van der Waals surface area contributed by atoms with Crippen LogP contribution in [0.1, 0.15) is 18.6 Å². The second kappa shape index (κ2) is 9.35. The smallest absolute Gasteiger partial charge is 0.303 e. The van der Waals surface area contributed by atoms with Gasteiger partial charge in [0.05, 0.1) is 18.0 Å². The molecule has 1 atom stereocenters. The van der Waals surface area contributed by atoms with Crippen molar-refractivity contribution in [3.8, 4) is 17.1 Å². The molecule has 0 aliphatic heterocycles. The maximum absolute atomic E-state index is 13.4. The summed E-state index contributed by atoms with van der Waals surface area (Å²) in [6.07, 6.45) is -1.25. The van der Waals surface area contributed by atoms with Crippen molar-refractivity contribution in [2.75, 3.05) is 12.5 Å². The molecule has 0 saturated heterocycles. The van der Waals surface area contributed by atoms with E-state index in [9.17, 15) is 14.4 Å². The maximum atomic E-state index is 13.4. The molecule has 1 amide bonds. The van der Waals surface area contributed by atoms with E-state index >= 15 is 0 Å². The lowest BCUT2D eigenvalue weighted by Gasteiger charge is -2.20. The summed E-state index contributed by atoms with van der Waals surface area (Å²) in [5, 5.41) is 0.327. The predicted octanol–water partition coefficient (Wildman–Crippen LogP) is 3.45. The fraction of sp³-hybridized carbons (Fsp3) is 0.120. The molecular formula is C25H21N3O5. The third kappa shape index (κ3) is 4.59. The van der Waals surface area contributed by atoms with E-state index in [0.717, 1.165) is 4.68 Å². The minimum absolute atomic E-state index is 0.209. The molecule has 8 heteroatoms. The van der Waals surface area contributed by atoms with Crippen molar-refractivity contribution in [1.29, 1.82) is 0 Å². The fourth-order valence-electron chi connectivity index (χ4n) is 3.43. The number of aromatic nitrogens is 2. The summed E-state index contributed by atoms with van der Waals surface area (Å²) in [4.78, 5) is 42.9. The van der Waals surface area contributed by atoms with Gasteiger partial charge >= 0.3 is 5.97 Å². The van der Waals surface area contributed by atoms with E-state index < -0.39 is 23.5 Å². The highest BCUT2D eigenvalue weighted by Gasteiger charge is 2.26. The number of hydrogen-bond acceptors (Lipinski definition) is 6. The average Bonchev–Trinajstić information content (AvgIpc) is 2.84. The van der Waals surface area contributed by atoms with Crippen LogP contribution in [-0.2, 0) is 14.3 Å². The summed E-state index contributed by atoms with van der Waals surface area (Å²) in [6.45, 7) is 1.22. The largest absolute Gasteiger partial charge is 0.497 e. The number of hydrogen-bond donors (Lipinski definition) is 1. The number of rotatable bonds is 6. The van der Waals surface area contributed by atoms with Gasteiger partial charge in [-0.3, -0.25) is 19.8 Å². The summed E-state index contributed by atoms with van der Waals surface area (Å²) in [7, 11) is 1.53. The van der Waals surface area contributed by atoms with Crippen molar-refractivity contribution in [2.24, 2.45) is 0 Å². The zero-order valence-electron chi connectivity index (χ0n) is 18.0. The fourth-order valence-corrected chi connectivity index (χ4v) is 3.43. The number of carbonyl (C=O) groups excluding carboxylic acids is 2. The van der Waals surface area contributed by atoms with Gasteiger partial charge in [-0.15, -0.1) is 0 Å². The molecule has 0 bridgehead atoms. The van der Waals surface area contributed by atoms with Crippen LogP contribution >= 0.6 is 0 Å². The number of methoxy groups -OCH3 is 1. The Morgan fingerprint density at radius 2 is 1.70 bits per heavy atom. The van der Waals surface area contributed by atoms with Crippen LogP contribution in [0.3, 0.4) is 0 Å². The first kappa shape index (κ1) is 21.8. The van der Waals surface area contributed by atoms with Gasteiger partial charge in [-0.25, -0.2) is 4.98 Å². The van der Waals surface area contributed by atoms with E-state index in [2.05, 4.69) is 10.4 Å². The quantitative estimate of drug-likeness (QED) is 0.458. The molecule has 0 spiro atoms. The lowest BCUT2D eigenvalue weighted by Crippen LogP contribution is -2.38. The van der Waals surface area contributed by atoms with Crippen molar-refractivity contribution >= 4 is 22.8 Å². The predicted molar refractivity (Wildman–Crippen MR) is 123 cm³/mol. The van der Waals surface area contributed by atoms with Crippen LogP contribution < -0.4 is 15.7 Å². The number of benzene rings is 3. The van der Waals surface area contributed by atoms with Gasteiger partial charge in [-0.2, -0.15) is 4.68 Å². The van der Waals surface area contributed by atoms with Crippen LogP contribution in [0.4, 0.5) is 0 Å². The lowest BCUT2D eigenvalue weighted by molar-refractivity contribution is -0.152. The Morgan fingerprint density at radius 3 is 2.42 bits per heavy atom. The molecule has 0 aliphatic carbocycles. The zero-order valence-corrected chi connectivity index (χ0v) is 18.0. The van der Waals surface area contributed by atoms with E-state index in [1.807, 2.05) is 0 Å². The molecular weight excluding hydrogens is 422 g/mol. The number of esters is 1. The van der Waals surface area contributed by atoms with Crippen LogP contribution in [0.5, 0.6) is 5.75 Å². The minimum Gasteiger partial charge on any atom is -0.497 e. The van der Waals surface area contributed by atoms with E-state index in [1.165, 1.54) is 14.0 Å². The van der Waals surface area contributed by atoms with Crippen molar-refractivity contribution in [2.45, 2.75) is 13.0 Å². The average molecular weight is 443 g/mol. The number of amides is 1. The van der Waals surface area contributed by atoms with Crippen LogP contribution in [0.2, 0.25) is 0 Å². The number of ether oxygens (including phenoxy) is 2. The summed E-state index contributed by atoms with van der Waals surface area (Å²) >= 11 is 0. The maximum Gasteiger partial charge on any atom is 0.303 e. The van der Waals surface area contributed by atoms with Crippen molar-refractivity contribution in [3.63, 3.8) is 0 Å². The Bertz CT molecular complexity index is 1380. The normalized spacial score (nSPS) is 11.6. The Balaban J connectivity index is 1.85. The molecule has 0 radical (unpaired) electrons. The number of para-hydroxylation sites is 1. The Hall–Kier alpha value is -4.46. The van der Waals surface area contributed by atoms with Gasteiger partial charge in [-0.05, 0) is 24.3 Å². The van der Waals surface area contributed by atoms with Crippen LogP contribution in [-0.4, -0.2) is 28.6 Å². The lowest BCUT2D eigenvalue weighted by atomic mass is 10.1. The first-order valence-corrected chi connectivity index (χ1v) is 10.2. The van der Waals surface area contributed by atoms with Crippen LogP contribution in [0, 0.1) is 0 Å². The molecule has 3 aromatic carbocycles. The number of fused-ring (bicyclic) bond motifs is 1. The van der Waals surface area contributed by atoms with E-state index in [-0.39, 0.29) is 5.82 Å². The van der Waals surface area contributed by atoms with Gasteiger partial charge in [0.25, 0.3) is 11.5 Å². The molecule has 4 rings (SSSR count). The van der Waals surface area contributed by atoms with Crippen LogP contribution in [0.25, 0.3) is 22.3 Å². The summed E-state index contributed by atoms with van der Waals surface area (Å²) in [6, 6.07) is 22.4. The molecule has 8 nitrogen and oxygen atoms in total. The van der Waals surface area contributed by atoms with E-state index in [0.29, 0.717) is 27.8 Å². The summed E-state index contributed by atoms with van der Waals surface area (Å²) in [5.74, 6) is -0.550. The third-order valence-electron chi connectivity index (χ3n) is 4.95. The van der Waals surface area contributed by atoms with Gasteiger partial charge in [0.2, 0.25) is 6.10 Å². The number of nitrogens with one attached hydrogen (secondary N) is 1. The molecule has 1 heterocycles. The minimum atomic E-state index is -1.25. The Labute approximate surface area is 189 Å². The second-order valence-electron chi connectivity index (χ2n) is 7.20. The van der Waals surface area contributed by atoms with Gasteiger partial charge < -0.3 is 9.47 Å². The third-order valence-corrected chi connectivity index (χ3v) is 4.95. The van der Waals surface area contributed by atoms with Crippen molar-refractivity contribution < 1.29 is 19.1 Å². The van der Waals surface area contributed by atoms with Gasteiger partial charge in [0.1, 0.15) is 5.75 Å². The first-order chi connectivity index (χ1) is 16.0. The molecule has 1 aromatic heterocycles. The molecule has 4 aromatic rings.